The predicted molar refractivity (Wildman–Crippen MR) is 145 cm³/mol. The van der Waals surface area contributed by atoms with Crippen LogP contribution in [0.1, 0.15) is 40.2 Å². The maximum Gasteiger partial charge on any atom is 0.255 e. The number of hydrogen-bond donors (Lipinski definition) is 1. The standard InChI is InChI=1S/C28H24ClFN2O4S/c1-4-16-9-12-20(13-23(16)29)32(37(3,34)35)24-15-25-22(14-21(24)17-5-6-17)26(28(33)31-2)27(36-25)18-7-10-19(30)11-8-18/h4,7-15,17H,1,5-6H2,2-3H3,(H,31,33). The van der Waals surface area contributed by atoms with E-state index in [1.54, 1.807) is 30.3 Å². The highest BCUT2D eigenvalue weighted by Gasteiger charge is 2.34. The van der Waals surface area contributed by atoms with Gasteiger partial charge in [0, 0.05) is 29.1 Å². The average Bonchev–Trinajstić information content (AvgIpc) is 3.63. The summed E-state index contributed by atoms with van der Waals surface area (Å²) in [6, 6.07) is 14.1. The van der Waals surface area contributed by atoms with Crippen molar-refractivity contribution in [1.82, 2.24) is 5.32 Å². The van der Waals surface area contributed by atoms with Gasteiger partial charge in [-0.15, -0.1) is 0 Å². The van der Waals surface area contributed by atoms with E-state index in [2.05, 4.69) is 11.9 Å². The first kappa shape index (κ1) is 25.0. The minimum atomic E-state index is -3.80. The van der Waals surface area contributed by atoms with Gasteiger partial charge < -0.3 is 9.73 Å². The van der Waals surface area contributed by atoms with Gasteiger partial charge in [-0.3, -0.25) is 4.79 Å². The summed E-state index contributed by atoms with van der Waals surface area (Å²) in [7, 11) is -2.28. The van der Waals surface area contributed by atoms with Gasteiger partial charge in [-0.25, -0.2) is 17.1 Å². The largest absolute Gasteiger partial charge is 0.455 e. The summed E-state index contributed by atoms with van der Waals surface area (Å²) in [4.78, 5) is 13.0. The maximum absolute atomic E-state index is 13.6. The van der Waals surface area contributed by atoms with Crippen molar-refractivity contribution in [1.29, 1.82) is 0 Å². The van der Waals surface area contributed by atoms with Crippen molar-refractivity contribution in [2.24, 2.45) is 0 Å². The molecule has 0 bridgehead atoms. The maximum atomic E-state index is 13.6. The lowest BCUT2D eigenvalue weighted by Gasteiger charge is -2.25. The van der Waals surface area contributed by atoms with Gasteiger partial charge in [-0.1, -0.05) is 30.3 Å². The normalized spacial score (nSPS) is 13.5. The third kappa shape index (κ3) is 4.63. The minimum absolute atomic E-state index is 0.133. The Labute approximate surface area is 219 Å². The van der Waals surface area contributed by atoms with Gasteiger partial charge in [0.05, 0.1) is 23.2 Å². The van der Waals surface area contributed by atoms with E-state index in [0.717, 1.165) is 24.7 Å². The number of carbonyl (C=O) groups excluding carboxylic acids is 1. The second-order valence-corrected chi connectivity index (χ2v) is 11.2. The quantitative estimate of drug-likeness (QED) is 0.278. The molecule has 4 aromatic rings. The van der Waals surface area contributed by atoms with Crippen LogP contribution in [0.4, 0.5) is 15.8 Å². The second kappa shape index (κ2) is 9.36. The molecule has 190 valence electrons. The Hall–Kier alpha value is -3.62. The van der Waals surface area contributed by atoms with Gasteiger partial charge in [0.1, 0.15) is 17.2 Å². The first-order chi connectivity index (χ1) is 17.6. The molecular formula is C28H24ClFN2O4S. The van der Waals surface area contributed by atoms with Crippen LogP contribution in [-0.2, 0) is 10.0 Å². The fraction of sp³-hybridized carbons (Fsp3) is 0.179. The minimum Gasteiger partial charge on any atom is -0.455 e. The molecular weight excluding hydrogens is 515 g/mol. The molecule has 1 fully saturated rings. The van der Waals surface area contributed by atoms with E-state index >= 15 is 0 Å². The predicted octanol–water partition coefficient (Wildman–Crippen LogP) is 6.87. The van der Waals surface area contributed by atoms with E-state index < -0.39 is 15.8 Å². The Morgan fingerprint density at radius 2 is 1.86 bits per heavy atom. The summed E-state index contributed by atoms with van der Waals surface area (Å²) in [5.41, 5.74) is 3.44. The van der Waals surface area contributed by atoms with E-state index in [4.69, 9.17) is 16.0 Å². The van der Waals surface area contributed by atoms with E-state index in [9.17, 15) is 17.6 Å². The number of amides is 1. The number of carbonyl (C=O) groups is 1. The topological polar surface area (TPSA) is 79.6 Å². The van der Waals surface area contributed by atoms with Crippen LogP contribution in [0.15, 0.2) is 65.6 Å². The van der Waals surface area contributed by atoms with Crippen LogP contribution in [0.2, 0.25) is 5.02 Å². The molecule has 0 spiro atoms. The number of fused-ring (bicyclic) bond motifs is 1. The van der Waals surface area contributed by atoms with Crippen LogP contribution in [0.3, 0.4) is 0 Å². The number of nitrogens with one attached hydrogen (secondary N) is 1. The molecule has 1 aliphatic carbocycles. The number of nitrogens with zero attached hydrogens (tertiary/aromatic N) is 1. The molecule has 37 heavy (non-hydrogen) atoms. The molecule has 1 saturated carbocycles. The third-order valence-electron chi connectivity index (χ3n) is 6.40. The van der Waals surface area contributed by atoms with E-state index in [1.807, 2.05) is 6.07 Å². The first-order valence-corrected chi connectivity index (χ1v) is 13.9. The van der Waals surface area contributed by atoms with Crippen LogP contribution in [-0.4, -0.2) is 27.6 Å². The monoisotopic (exact) mass is 538 g/mol. The fourth-order valence-electron chi connectivity index (χ4n) is 4.52. The van der Waals surface area contributed by atoms with Crippen LogP contribution < -0.4 is 9.62 Å². The number of furan rings is 1. The molecule has 0 saturated heterocycles. The summed E-state index contributed by atoms with van der Waals surface area (Å²) in [6.45, 7) is 3.73. The Balaban J connectivity index is 1.79. The zero-order valence-corrected chi connectivity index (χ0v) is 21.8. The number of hydrogen-bond acceptors (Lipinski definition) is 4. The molecule has 1 N–H and O–H groups in total. The lowest BCUT2D eigenvalue weighted by Crippen LogP contribution is -2.25. The Morgan fingerprint density at radius 3 is 2.43 bits per heavy atom. The third-order valence-corrected chi connectivity index (χ3v) is 7.80. The van der Waals surface area contributed by atoms with Crippen molar-refractivity contribution in [3.8, 4) is 11.3 Å². The summed E-state index contributed by atoms with van der Waals surface area (Å²) in [5, 5.41) is 3.57. The number of rotatable bonds is 7. The van der Waals surface area contributed by atoms with Crippen molar-refractivity contribution in [2.45, 2.75) is 18.8 Å². The van der Waals surface area contributed by atoms with Crippen LogP contribution in [0.25, 0.3) is 28.4 Å². The SMILES string of the molecule is C=Cc1ccc(N(c2cc3oc(-c4ccc(F)cc4)c(C(=O)NC)c3cc2C2CC2)S(C)(=O)=O)cc1Cl. The van der Waals surface area contributed by atoms with E-state index in [-0.39, 0.29) is 17.6 Å². The van der Waals surface area contributed by atoms with Gasteiger partial charge in [0.15, 0.2) is 0 Å². The Bertz CT molecular complexity index is 1660. The highest BCUT2D eigenvalue weighted by atomic mass is 35.5. The molecule has 0 atom stereocenters. The molecule has 0 aliphatic heterocycles. The number of benzene rings is 3. The molecule has 0 radical (unpaired) electrons. The fourth-order valence-corrected chi connectivity index (χ4v) is 5.78. The van der Waals surface area contributed by atoms with Gasteiger partial charge in [-0.05, 0) is 72.4 Å². The van der Waals surface area contributed by atoms with Crippen LogP contribution in [0, 0.1) is 5.82 Å². The molecule has 9 heteroatoms. The van der Waals surface area contributed by atoms with Crippen molar-refractivity contribution >= 4 is 56.0 Å². The summed E-state index contributed by atoms with van der Waals surface area (Å²) in [5.74, 6) is -0.366. The average molecular weight is 539 g/mol. The second-order valence-electron chi connectivity index (χ2n) is 9.01. The number of anilines is 2. The molecule has 3 aromatic carbocycles. The summed E-state index contributed by atoms with van der Waals surface area (Å²) >= 11 is 6.39. The Morgan fingerprint density at radius 1 is 1.16 bits per heavy atom. The number of halogens is 2. The first-order valence-electron chi connectivity index (χ1n) is 11.6. The van der Waals surface area contributed by atoms with Crippen molar-refractivity contribution < 1.29 is 22.0 Å². The zero-order valence-electron chi connectivity index (χ0n) is 20.2. The zero-order chi connectivity index (χ0) is 26.5. The lowest BCUT2D eigenvalue weighted by molar-refractivity contribution is 0.0964. The molecule has 1 amide bonds. The summed E-state index contributed by atoms with van der Waals surface area (Å²) in [6.07, 6.45) is 4.51. The highest BCUT2D eigenvalue weighted by Crippen LogP contribution is 2.49. The lowest BCUT2D eigenvalue weighted by atomic mass is 10.00. The molecule has 0 unspecified atom stereocenters. The van der Waals surface area contributed by atoms with Crippen molar-refractivity contribution in [2.75, 3.05) is 17.6 Å². The van der Waals surface area contributed by atoms with Crippen molar-refractivity contribution in [3.63, 3.8) is 0 Å². The Kier molecular flexibility index (Phi) is 6.33. The van der Waals surface area contributed by atoms with E-state index in [0.29, 0.717) is 44.1 Å². The smallest absolute Gasteiger partial charge is 0.255 e. The van der Waals surface area contributed by atoms with E-state index in [1.165, 1.54) is 35.6 Å². The summed E-state index contributed by atoms with van der Waals surface area (Å²) < 4.78 is 47.3. The van der Waals surface area contributed by atoms with Crippen LogP contribution in [0.5, 0.6) is 0 Å². The number of sulfonamides is 1. The molecule has 1 aliphatic rings. The molecule has 6 nitrogen and oxygen atoms in total. The highest BCUT2D eigenvalue weighted by molar-refractivity contribution is 7.92. The van der Waals surface area contributed by atoms with Gasteiger partial charge in [0.2, 0.25) is 10.0 Å². The van der Waals surface area contributed by atoms with Crippen molar-refractivity contribution in [3.05, 3.63) is 88.7 Å². The van der Waals surface area contributed by atoms with Gasteiger partial charge in [-0.2, -0.15) is 0 Å². The molecule has 1 aromatic heterocycles. The molecule has 1 heterocycles. The van der Waals surface area contributed by atoms with Gasteiger partial charge >= 0.3 is 0 Å². The van der Waals surface area contributed by atoms with Gasteiger partial charge in [0.25, 0.3) is 5.91 Å². The molecule has 5 rings (SSSR count). The van der Waals surface area contributed by atoms with Crippen LogP contribution >= 0.6 is 11.6 Å².